The van der Waals surface area contributed by atoms with E-state index in [2.05, 4.69) is 15.0 Å². The minimum atomic E-state index is 0.457. The Kier molecular flexibility index (Phi) is 3.78. The van der Waals surface area contributed by atoms with Gasteiger partial charge < -0.3 is 15.2 Å². The third-order valence-electron chi connectivity index (χ3n) is 3.47. The molecule has 2 N–H and O–H groups in total. The summed E-state index contributed by atoms with van der Waals surface area (Å²) >= 11 is 6.00. The fourth-order valence-corrected chi connectivity index (χ4v) is 2.71. The SMILES string of the molecule is Nc1cc(Cl)cc(-c2nc(N3CCCCCC3)no2)c1. The Morgan fingerprint density at radius 3 is 2.55 bits per heavy atom. The summed E-state index contributed by atoms with van der Waals surface area (Å²) in [4.78, 5) is 6.64. The van der Waals surface area contributed by atoms with E-state index >= 15 is 0 Å². The summed E-state index contributed by atoms with van der Waals surface area (Å²) in [7, 11) is 0. The first-order valence-electron chi connectivity index (χ1n) is 6.87. The van der Waals surface area contributed by atoms with E-state index < -0.39 is 0 Å². The first kappa shape index (κ1) is 13.2. The van der Waals surface area contributed by atoms with E-state index in [4.69, 9.17) is 21.9 Å². The maximum absolute atomic E-state index is 6.00. The van der Waals surface area contributed by atoms with Crippen LogP contribution >= 0.6 is 11.6 Å². The van der Waals surface area contributed by atoms with E-state index in [1.807, 2.05) is 0 Å². The molecule has 1 fully saturated rings. The molecule has 0 bridgehead atoms. The van der Waals surface area contributed by atoms with Crippen LogP contribution in [0.1, 0.15) is 25.7 Å². The van der Waals surface area contributed by atoms with Crippen LogP contribution in [0.2, 0.25) is 5.02 Å². The fraction of sp³-hybridized carbons (Fsp3) is 0.429. The lowest BCUT2D eigenvalue weighted by Gasteiger charge is -2.16. The zero-order valence-corrected chi connectivity index (χ0v) is 11.9. The van der Waals surface area contributed by atoms with Crippen LogP contribution in [-0.2, 0) is 0 Å². The number of hydrogen-bond donors (Lipinski definition) is 1. The predicted octanol–water partition coefficient (Wildman–Crippen LogP) is 3.35. The third-order valence-corrected chi connectivity index (χ3v) is 3.69. The highest BCUT2D eigenvalue weighted by molar-refractivity contribution is 6.31. The van der Waals surface area contributed by atoms with Crippen molar-refractivity contribution in [1.29, 1.82) is 0 Å². The van der Waals surface area contributed by atoms with Crippen molar-refractivity contribution in [2.45, 2.75) is 25.7 Å². The highest BCUT2D eigenvalue weighted by Gasteiger charge is 2.17. The molecule has 0 spiro atoms. The van der Waals surface area contributed by atoms with Crippen LogP contribution in [0.25, 0.3) is 11.5 Å². The molecule has 3 rings (SSSR count). The molecule has 1 saturated heterocycles. The largest absolute Gasteiger partial charge is 0.399 e. The van der Waals surface area contributed by atoms with Crippen molar-refractivity contribution in [3.8, 4) is 11.5 Å². The molecule has 5 nitrogen and oxygen atoms in total. The highest BCUT2D eigenvalue weighted by atomic mass is 35.5. The molecule has 2 heterocycles. The normalized spacial score (nSPS) is 16.1. The number of rotatable bonds is 2. The number of halogens is 1. The van der Waals surface area contributed by atoms with Gasteiger partial charge in [0.15, 0.2) is 0 Å². The average molecular weight is 293 g/mol. The lowest BCUT2D eigenvalue weighted by Crippen LogP contribution is -2.24. The van der Waals surface area contributed by atoms with Crippen LogP contribution in [0.15, 0.2) is 22.7 Å². The number of aromatic nitrogens is 2. The summed E-state index contributed by atoms with van der Waals surface area (Å²) in [5, 5.41) is 4.64. The summed E-state index contributed by atoms with van der Waals surface area (Å²) in [5.74, 6) is 1.11. The van der Waals surface area contributed by atoms with E-state index in [1.165, 1.54) is 25.7 Å². The molecule has 2 aromatic rings. The third kappa shape index (κ3) is 2.88. The van der Waals surface area contributed by atoms with E-state index in [1.54, 1.807) is 18.2 Å². The number of nitrogen functional groups attached to an aromatic ring is 1. The number of nitrogens with zero attached hydrogens (tertiary/aromatic N) is 3. The Balaban J connectivity index is 1.85. The maximum Gasteiger partial charge on any atom is 0.266 e. The Hall–Kier alpha value is -1.75. The summed E-state index contributed by atoms with van der Waals surface area (Å²) in [5.41, 5.74) is 7.12. The topological polar surface area (TPSA) is 68.2 Å². The van der Waals surface area contributed by atoms with Gasteiger partial charge in [-0.05, 0) is 36.2 Å². The van der Waals surface area contributed by atoms with Gasteiger partial charge >= 0.3 is 0 Å². The van der Waals surface area contributed by atoms with Gasteiger partial charge in [0.2, 0.25) is 0 Å². The smallest absolute Gasteiger partial charge is 0.266 e. The van der Waals surface area contributed by atoms with Gasteiger partial charge in [-0.1, -0.05) is 24.4 Å². The quantitative estimate of drug-likeness (QED) is 0.860. The number of benzene rings is 1. The molecular formula is C14H17ClN4O. The molecule has 0 aliphatic carbocycles. The highest BCUT2D eigenvalue weighted by Crippen LogP contribution is 2.26. The standard InChI is InChI=1S/C14H17ClN4O/c15-11-7-10(8-12(16)9-11)13-17-14(18-20-13)19-5-3-1-2-4-6-19/h7-9H,1-6,16H2. The summed E-state index contributed by atoms with van der Waals surface area (Å²) in [6, 6.07) is 5.25. The first-order chi connectivity index (χ1) is 9.72. The molecule has 0 amide bonds. The number of hydrogen-bond acceptors (Lipinski definition) is 5. The molecule has 6 heteroatoms. The molecule has 0 atom stereocenters. The zero-order valence-electron chi connectivity index (χ0n) is 11.2. The van der Waals surface area contributed by atoms with Gasteiger partial charge in [0.05, 0.1) is 0 Å². The molecule has 0 unspecified atom stereocenters. The van der Waals surface area contributed by atoms with E-state index in [-0.39, 0.29) is 0 Å². The monoisotopic (exact) mass is 292 g/mol. The van der Waals surface area contributed by atoms with Gasteiger partial charge in [-0.15, -0.1) is 0 Å². The maximum atomic E-state index is 6.00. The Morgan fingerprint density at radius 2 is 1.85 bits per heavy atom. The molecular weight excluding hydrogens is 276 g/mol. The van der Waals surface area contributed by atoms with Gasteiger partial charge in [0.25, 0.3) is 11.8 Å². The molecule has 1 aliphatic rings. The van der Waals surface area contributed by atoms with Crippen molar-refractivity contribution in [1.82, 2.24) is 10.1 Å². The first-order valence-corrected chi connectivity index (χ1v) is 7.25. The van der Waals surface area contributed by atoms with Gasteiger partial charge in [-0.2, -0.15) is 4.98 Å². The van der Waals surface area contributed by atoms with E-state index in [0.717, 1.165) is 18.7 Å². The molecule has 106 valence electrons. The minimum Gasteiger partial charge on any atom is -0.399 e. The lowest BCUT2D eigenvalue weighted by molar-refractivity contribution is 0.429. The van der Waals surface area contributed by atoms with Crippen molar-refractivity contribution in [3.63, 3.8) is 0 Å². The summed E-state index contributed by atoms with van der Waals surface area (Å²) in [6.07, 6.45) is 4.89. The second-order valence-corrected chi connectivity index (χ2v) is 5.51. The number of nitrogens with two attached hydrogens (primary N) is 1. The summed E-state index contributed by atoms with van der Waals surface area (Å²) in [6.45, 7) is 1.97. The van der Waals surface area contributed by atoms with Gasteiger partial charge in [0.1, 0.15) is 0 Å². The molecule has 1 aliphatic heterocycles. The molecule has 1 aromatic carbocycles. The van der Waals surface area contributed by atoms with Crippen LogP contribution in [0, 0.1) is 0 Å². The van der Waals surface area contributed by atoms with Gasteiger partial charge in [-0.25, -0.2) is 0 Å². The van der Waals surface area contributed by atoms with Crippen molar-refractivity contribution in [2.75, 3.05) is 23.7 Å². The molecule has 0 saturated carbocycles. The molecule has 1 aromatic heterocycles. The summed E-state index contributed by atoms with van der Waals surface area (Å²) < 4.78 is 5.34. The average Bonchev–Trinajstić information content (AvgIpc) is 2.74. The van der Waals surface area contributed by atoms with E-state index in [9.17, 15) is 0 Å². The van der Waals surface area contributed by atoms with Crippen molar-refractivity contribution in [3.05, 3.63) is 23.2 Å². The van der Waals surface area contributed by atoms with Crippen LogP contribution in [-0.4, -0.2) is 23.2 Å². The minimum absolute atomic E-state index is 0.457. The zero-order chi connectivity index (χ0) is 13.9. The van der Waals surface area contributed by atoms with Crippen molar-refractivity contribution in [2.24, 2.45) is 0 Å². The van der Waals surface area contributed by atoms with Gasteiger partial charge in [-0.3, -0.25) is 0 Å². The Bertz CT molecular complexity index is 570. The lowest BCUT2D eigenvalue weighted by atomic mass is 10.2. The van der Waals surface area contributed by atoms with E-state index in [0.29, 0.717) is 22.5 Å². The molecule has 0 radical (unpaired) electrons. The second-order valence-electron chi connectivity index (χ2n) is 5.07. The van der Waals surface area contributed by atoms with Crippen LogP contribution < -0.4 is 10.6 Å². The second kappa shape index (κ2) is 5.71. The van der Waals surface area contributed by atoms with Crippen molar-refractivity contribution < 1.29 is 4.52 Å². The Morgan fingerprint density at radius 1 is 1.10 bits per heavy atom. The molecule has 20 heavy (non-hydrogen) atoms. The van der Waals surface area contributed by atoms with Crippen LogP contribution in [0.3, 0.4) is 0 Å². The van der Waals surface area contributed by atoms with Crippen molar-refractivity contribution >= 4 is 23.2 Å². The van der Waals surface area contributed by atoms with Crippen LogP contribution in [0.4, 0.5) is 11.6 Å². The fourth-order valence-electron chi connectivity index (χ4n) is 2.47. The van der Waals surface area contributed by atoms with Crippen LogP contribution in [0.5, 0.6) is 0 Å². The predicted molar refractivity (Wildman–Crippen MR) is 79.8 cm³/mol. The Labute approximate surface area is 122 Å². The number of anilines is 2. The van der Waals surface area contributed by atoms with Gasteiger partial charge in [0, 0.05) is 29.4 Å².